The Morgan fingerprint density at radius 2 is 1.59 bits per heavy atom. The zero-order valence-electron chi connectivity index (χ0n) is 17.7. The van der Waals surface area contributed by atoms with E-state index in [1.165, 1.54) is 0 Å². The summed E-state index contributed by atoms with van der Waals surface area (Å²) >= 11 is 0. The molecule has 1 saturated heterocycles. The maximum Gasteiger partial charge on any atom is 0.262 e. The van der Waals surface area contributed by atoms with Gasteiger partial charge in [0.05, 0.1) is 5.56 Å². The number of nitrogens with one attached hydrogen (secondary N) is 1. The maximum absolute atomic E-state index is 13.5. The molecule has 3 aromatic rings. The van der Waals surface area contributed by atoms with Gasteiger partial charge in [-0.25, -0.2) is 0 Å². The van der Waals surface area contributed by atoms with E-state index in [1.54, 1.807) is 4.90 Å². The van der Waals surface area contributed by atoms with Crippen LogP contribution in [0.15, 0.2) is 78.9 Å². The Morgan fingerprint density at radius 3 is 2.41 bits per heavy atom. The number of anilines is 2. The second-order valence-corrected chi connectivity index (χ2v) is 8.02. The van der Waals surface area contributed by atoms with Crippen LogP contribution >= 0.6 is 0 Å². The molecule has 5 rings (SSSR count). The zero-order chi connectivity index (χ0) is 21.9. The summed E-state index contributed by atoms with van der Waals surface area (Å²) in [7, 11) is 0. The van der Waals surface area contributed by atoms with Crippen LogP contribution in [0.25, 0.3) is 0 Å². The molecule has 6 heteroatoms. The molecule has 0 saturated carbocycles. The second-order valence-electron chi connectivity index (χ2n) is 8.02. The first-order chi connectivity index (χ1) is 15.7. The van der Waals surface area contributed by atoms with Gasteiger partial charge in [0.2, 0.25) is 0 Å². The van der Waals surface area contributed by atoms with Gasteiger partial charge in [-0.3, -0.25) is 14.5 Å². The van der Waals surface area contributed by atoms with Gasteiger partial charge in [0.25, 0.3) is 11.8 Å². The fourth-order valence-corrected chi connectivity index (χ4v) is 4.36. The number of ether oxygens (including phenoxy) is 1. The molecule has 0 spiro atoms. The molecule has 1 fully saturated rings. The molecule has 0 unspecified atom stereocenters. The van der Waals surface area contributed by atoms with E-state index in [2.05, 4.69) is 5.32 Å². The van der Waals surface area contributed by atoms with Crippen molar-refractivity contribution in [3.8, 4) is 5.75 Å². The number of hydrogen-bond donors (Lipinski definition) is 1. The molecule has 1 atom stereocenters. The van der Waals surface area contributed by atoms with Crippen molar-refractivity contribution in [2.24, 2.45) is 0 Å². The van der Waals surface area contributed by atoms with Crippen LogP contribution in [0.4, 0.5) is 11.4 Å². The second kappa shape index (κ2) is 8.75. The molecular formula is C26H25N3O3. The van der Waals surface area contributed by atoms with E-state index < -0.39 is 6.17 Å². The van der Waals surface area contributed by atoms with Crippen molar-refractivity contribution in [3.05, 3.63) is 90.0 Å². The van der Waals surface area contributed by atoms with Crippen molar-refractivity contribution >= 4 is 23.2 Å². The fourth-order valence-electron chi connectivity index (χ4n) is 4.36. The molecule has 0 aliphatic carbocycles. The van der Waals surface area contributed by atoms with E-state index in [-0.39, 0.29) is 18.4 Å². The molecule has 0 aromatic heterocycles. The molecule has 0 bridgehead atoms. The van der Waals surface area contributed by atoms with Crippen LogP contribution in [0.1, 0.15) is 34.9 Å². The lowest BCUT2D eigenvalue weighted by molar-refractivity contribution is -0.132. The van der Waals surface area contributed by atoms with Gasteiger partial charge < -0.3 is 15.0 Å². The highest BCUT2D eigenvalue weighted by atomic mass is 16.5. The number of amides is 2. The third kappa shape index (κ3) is 3.80. The minimum Gasteiger partial charge on any atom is -0.483 e. The van der Waals surface area contributed by atoms with Crippen LogP contribution in [0.5, 0.6) is 5.75 Å². The number of carbonyl (C=O) groups excluding carboxylic acids is 2. The summed E-state index contributed by atoms with van der Waals surface area (Å²) in [6.07, 6.45) is 1.61. The van der Waals surface area contributed by atoms with E-state index in [9.17, 15) is 9.59 Å². The largest absolute Gasteiger partial charge is 0.483 e. The van der Waals surface area contributed by atoms with Gasteiger partial charge in [0.15, 0.2) is 6.61 Å². The molecule has 2 amide bonds. The van der Waals surface area contributed by atoms with Crippen molar-refractivity contribution in [3.63, 3.8) is 0 Å². The fraction of sp³-hybridized carbons (Fsp3) is 0.231. The summed E-state index contributed by atoms with van der Waals surface area (Å²) in [4.78, 5) is 29.7. The normalized spacial score (nSPS) is 17.6. The lowest BCUT2D eigenvalue weighted by atomic mass is 10.0. The van der Waals surface area contributed by atoms with Gasteiger partial charge in [0, 0.05) is 30.0 Å². The number of fused-ring (bicyclic) bond motifs is 1. The van der Waals surface area contributed by atoms with Crippen molar-refractivity contribution in [1.82, 2.24) is 4.90 Å². The first kappa shape index (κ1) is 20.1. The monoisotopic (exact) mass is 427 g/mol. The zero-order valence-corrected chi connectivity index (χ0v) is 17.7. The van der Waals surface area contributed by atoms with Crippen molar-refractivity contribution in [1.29, 1.82) is 0 Å². The smallest absolute Gasteiger partial charge is 0.262 e. The van der Waals surface area contributed by atoms with Crippen LogP contribution in [-0.4, -0.2) is 36.4 Å². The van der Waals surface area contributed by atoms with E-state index in [1.807, 2.05) is 83.8 Å². The van der Waals surface area contributed by atoms with Crippen molar-refractivity contribution in [2.75, 3.05) is 29.9 Å². The third-order valence-electron chi connectivity index (χ3n) is 5.98. The van der Waals surface area contributed by atoms with E-state index in [0.29, 0.717) is 11.3 Å². The summed E-state index contributed by atoms with van der Waals surface area (Å²) in [5.74, 6) is 0.499. The number of para-hydroxylation sites is 3. The molecule has 2 aliphatic rings. The van der Waals surface area contributed by atoms with Gasteiger partial charge in [0.1, 0.15) is 11.9 Å². The summed E-state index contributed by atoms with van der Waals surface area (Å²) in [6.45, 7) is 1.57. The average Bonchev–Trinajstić information content (AvgIpc) is 3.38. The standard InChI is InChI=1S/C26H25N3O3/c30-24(28-16-8-9-17-28)18-32-23-15-7-5-13-21(23)25-27-22-14-6-4-12-20(22)26(31)29(25)19-10-2-1-3-11-19/h1-7,10-15,25,27H,8-9,16-18H2/t25-/m0/s1. The molecular weight excluding hydrogens is 402 g/mol. The van der Waals surface area contributed by atoms with E-state index in [0.717, 1.165) is 42.9 Å². The highest BCUT2D eigenvalue weighted by Crippen LogP contribution is 2.39. The Labute approximate surface area is 187 Å². The number of nitrogens with zero attached hydrogens (tertiary/aromatic N) is 2. The maximum atomic E-state index is 13.5. The van der Waals surface area contributed by atoms with Crippen LogP contribution in [0.3, 0.4) is 0 Å². The predicted molar refractivity (Wildman–Crippen MR) is 124 cm³/mol. The summed E-state index contributed by atoms with van der Waals surface area (Å²) in [5.41, 5.74) is 2.98. The van der Waals surface area contributed by atoms with Gasteiger partial charge in [-0.05, 0) is 43.2 Å². The van der Waals surface area contributed by atoms with Crippen LogP contribution in [-0.2, 0) is 4.79 Å². The highest BCUT2D eigenvalue weighted by molar-refractivity contribution is 6.12. The predicted octanol–water partition coefficient (Wildman–Crippen LogP) is 4.46. The Morgan fingerprint density at radius 1 is 0.906 bits per heavy atom. The Kier molecular flexibility index (Phi) is 5.50. The quantitative estimate of drug-likeness (QED) is 0.653. The van der Waals surface area contributed by atoms with Crippen LogP contribution in [0, 0.1) is 0 Å². The summed E-state index contributed by atoms with van der Waals surface area (Å²) < 4.78 is 6.00. The van der Waals surface area contributed by atoms with Crippen LogP contribution < -0.4 is 15.0 Å². The molecule has 2 aliphatic heterocycles. The topological polar surface area (TPSA) is 61.9 Å². The van der Waals surface area contributed by atoms with Gasteiger partial charge in [-0.15, -0.1) is 0 Å². The number of benzene rings is 3. The van der Waals surface area contributed by atoms with Gasteiger partial charge in [-0.1, -0.05) is 48.5 Å². The minimum absolute atomic E-state index is 0.00440. The molecule has 3 aromatic carbocycles. The number of hydrogen-bond acceptors (Lipinski definition) is 4. The first-order valence-electron chi connectivity index (χ1n) is 11.0. The molecule has 1 N–H and O–H groups in total. The lowest BCUT2D eigenvalue weighted by Crippen LogP contribution is -2.43. The lowest BCUT2D eigenvalue weighted by Gasteiger charge is -2.38. The molecule has 6 nitrogen and oxygen atoms in total. The molecule has 0 radical (unpaired) electrons. The Bertz CT molecular complexity index is 1130. The first-order valence-corrected chi connectivity index (χ1v) is 11.0. The van der Waals surface area contributed by atoms with Crippen molar-refractivity contribution < 1.29 is 14.3 Å². The number of likely N-dealkylation sites (tertiary alicyclic amines) is 1. The minimum atomic E-state index is -0.474. The van der Waals surface area contributed by atoms with Crippen LogP contribution in [0.2, 0.25) is 0 Å². The molecule has 162 valence electrons. The van der Waals surface area contributed by atoms with E-state index >= 15 is 0 Å². The Balaban J connectivity index is 1.49. The average molecular weight is 428 g/mol. The third-order valence-corrected chi connectivity index (χ3v) is 5.98. The molecule has 32 heavy (non-hydrogen) atoms. The number of carbonyl (C=O) groups is 2. The number of rotatable bonds is 5. The van der Waals surface area contributed by atoms with E-state index in [4.69, 9.17) is 4.74 Å². The van der Waals surface area contributed by atoms with Crippen molar-refractivity contribution in [2.45, 2.75) is 19.0 Å². The molecule has 2 heterocycles. The Hall–Kier alpha value is -3.80. The summed E-state index contributed by atoms with van der Waals surface area (Å²) in [6, 6.07) is 24.7. The van der Waals surface area contributed by atoms with Gasteiger partial charge in [-0.2, -0.15) is 0 Å². The van der Waals surface area contributed by atoms with Gasteiger partial charge >= 0.3 is 0 Å². The summed E-state index contributed by atoms with van der Waals surface area (Å²) in [5, 5.41) is 3.51. The highest BCUT2D eigenvalue weighted by Gasteiger charge is 2.35. The SMILES string of the molecule is O=C(COc1ccccc1[C@H]1Nc2ccccc2C(=O)N1c1ccccc1)N1CCCC1.